The molecular weight excluding hydrogens is 292 g/mol. The molecule has 0 spiro atoms. The molecule has 1 aliphatic rings. The maximum absolute atomic E-state index is 3.84. The van der Waals surface area contributed by atoms with Crippen molar-refractivity contribution in [1.82, 2.24) is 4.90 Å². The topological polar surface area (TPSA) is 6.25 Å². The second-order valence-corrected chi connectivity index (χ2v) is 6.45. The molecule has 3 heteroatoms. The fourth-order valence-corrected chi connectivity index (χ4v) is 3.21. The van der Waals surface area contributed by atoms with Gasteiger partial charge in [-0.3, -0.25) is 9.48 Å². The highest BCUT2D eigenvalue weighted by molar-refractivity contribution is 5.75. The van der Waals surface area contributed by atoms with Gasteiger partial charge in [0.05, 0.1) is 6.54 Å². The summed E-state index contributed by atoms with van der Waals surface area (Å²) in [5.74, 6) is 1.45. The van der Waals surface area contributed by atoms with E-state index in [1.54, 1.807) is 0 Å². The molecule has 0 fully saturated rings. The first-order valence-corrected chi connectivity index (χ1v) is 9.24. The van der Waals surface area contributed by atoms with Gasteiger partial charge < -0.3 is 12.4 Å². The van der Waals surface area contributed by atoms with Crippen LogP contribution in [0.15, 0.2) is 12.7 Å². The molecule has 1 heterocycles. The highest BCUT2D eigenvalue weighted by Crippen LogP contribution is 2.11. The lowest BCUT2D eigenvalue weighted by Crippen LogP contribution is -3.00. The summed E-state index contributed by atoms with van der Waals surface area (Å²) in [6, 6.07) is 0. The second-order valence-electron chi connectivity index (χ2n) is 6.45. The average molecular weight is 329 g/mol. The van der Waals surface area contributed by atoms with Gasteiger partial charge in [0.15, 0.2) is 0 Å². The van der Waals surface area contributed by atoms with E-state index in [0.29, 0.717) is 0 Å². The number of hydrogen-bond donors (Lipinski definition) is 0. The Hall–Kier alpha value is -0.500. The molecule has 0 N–H and O–H groups in total. The highest BCUT2D eigenvalue weighted by Gasteiger charge is 2.24. The van der Waals surface area contributed by atoms with Crippen molar-refractivity contribution in [2.45, 2.75) is 78.1 Å². The molecule has 1 aliphatic heterocycles. The van der Waals surface area contributed by atoms with Crippen LogP contribution in [0.4, 0.5) is 0 Å². The molecule has 0 amide bonds. The maximum Gasteiger partial charge on any atom is 0.244 e. The van der Waals surface area contributed by atoms with Crippen LogP contribution in [0.1, 0.15) is 78.1 Å². The predicted molar refractivity (Wildman–Crippen MR) is 94.3 cm³/mol. The minimum absolute atomic E-state index is 0. The summed E-state index contributed by atoms with van der Waals surface area (Å²) in [4.78, 5) is 2.43. The molecule has 0 unspecified atom stereocenters. The van der Waals surface area contributed by atoms with Crippen molar-refractivity contribution in [2.24, 2.45) is 0 Å². The Kier molecular flexibility index (Phi) is 13.8. The normalized spacial score (nSPS) is 14.4. The first kappa shape index (κ1) is 21.5. The van der Waals surface area contributed by atoms with Gasteiger partial charge in [0, 0.05) is 6.92 Å². The molecule has 2 nitrogen and oxygen atoms in total. The van der Waals surface area contributed by atoms with Gasteiger partial charge in [-0.1, -0.05) is 70.9 Å². The van der Waals surface area contributed by atoms with Gasteiger partial charge in [-0.15, -0.1) is 0 Å². The van der Waals surface area contributed by atoms with E-state index in [2.05, 4.69) is 29.9 Å². The van der Waals surface area contributed by atoms with Crippen LogP contribution in [0.3, 0.4) is 0 Å². The predicted octanol–water partition coefficient (Wildman–Crippen LogP) is 1.84. The number of unbranched alkanes of at least 4 members (excludes halogenated alkanes) is 9. The van der Waals surface area contributed by atoms with Gasteiger partial charge in [-0.25, -0.2) is 0 Å². The molecule has 22 heavy (non-hydrogen) atoms. The van der Waals surface area contributed by atoms with Crippen molar-refractivity contribution in [3.8, 4) is 0 Å². The molecule has 0 aromatic rings. The Morgan fingerprint density at radius 1 is 1.00 bits per heavy atom. The van der Waals surface area contributed by atoms with Crippen LogP contribution < -0.4 is 12.4 Å². The lowest BCUT2D eigenvalue weighted by Gasteiger charge is -2.07. The van der Waals surface area contributed by atoms with E-state index in [0.717, 1.165) is 6.54 Å². The van der Waals surface area contributed by atoms with Crippen LogP contribution in [-0.2, 0) is 0 Å². The molecule has 130 valence electrons. The maximum atomic E-state index is 3.84. The van der Waals surface area contributed by atoms with E-state index in [-0.39, 0.29) is 12.4 Å². The standard InChI is InChI=1S/C19H37N2.ClH/c1-4-6-7-8-9-10-11-12-13-14-16-21-18-17-20(15-5-2)19(21)3;/h5H,2,4,6-18H2,1,3H3;1H/q+1;/p-1. The molecule has 1 rings (SSSR count). The number of hydrogen-bond acceptors (Lipinski definition) is 1. The third-order valence-corrected chi connectivity index (χ3v) is 4.69. The lowest BCUT2D eigenvalue weighted by molar-refractivity contribution is -0.519. The highest BCUT2D eigenvalue weighted by atomic mass is 35.5. The summed E-state index contributed by atoms with van der Waals surface area (Å²) in [6.45, 7) is 13.0. The number of halogens is 1. The van der Waals surface area contributed by atoms with E-state index < -0.39 is 0 Å². The molecule has 0 aromatic heterocycles. The molecule has 0 saturated carbocycles. The van der Waals surface area contributed by atoms with Crippen molar-refractivity contribution in [3.05, 3.63) is 12.7 Å². The van der Waals surface area contributed by atoms with Crippen molar-refractivity contribution in [1.29, 1.82) is 0 Å². The smallest absolute Gasteiger partial charge is 0.244 e. The zero-order valence-electron chi connectivity index (χ0n) is 15.0. The van der Waals surface area contributed by atoms with Gasteiger partial charge in [0.2, 0.25) is 5.84 Å². The minimum atomic E-state index is 0. The largest absolute Gasteiger partial charge is 1.00 e. The summed E-state index contributed by atoms with van der Waals surface area (Å²) in [6.07, 6.45) is 16.2. The molecule has 0 aliphatic carbocycles. The number of amidine groups is 1. The Balaban J connectivity index is 0.00000441. The molecular formula is C19H37ClN2. The lowest BCUT2D eigenvalue weighted by atomic mass is 10.1. The number of nitrogens with zero attached hydrogens (tertiary/aromatic N) is 2. The second kappa shape index (κ2) is 14.1. The Morgan fingerprint density at radius 2 is 1.55 bits per heavy atom. The van der Waals surface area contributed by atoms with E-state index in [1.807, 2.05) is 6.08 Å². The van der Waals surface area contributed by atoms with Crippen molar-refractivity contribution >= 4 is 5.84 Å². The molecule has 0 aromatic carbocycles. The SMILES string of the molecule is C=CCN1CC[N+](CCCCCCCCCCCC)=C1C.[Cl-]. The summed E-state index contributed by atoms with van der Waals surface area (Å²) < 4.78 is 2.55. The molecule has 0 bridgehead atoms. The van der Waals surface area contributed by atoms with Crippen molar-refractivity contribution in [3.63, 3.8) is 0 Å². The Morgan fingerprint density at radius 3 is 2.09 bits per heavy atom. The van der Waals surface area contributed by atoms with Crippen molar-refractivity contribution in [2.75, 3.05) is 26.2 Å². The van der Waals surface area contributed by atoms with E-state index in [4.69, 9.17) is 0 Å². The van der Waals surface area contributed by atoms with E-state index in [9.17, 15) is 0 Å². The zero-order valence-corrected chi connectivity index (χ0v) is 15.7. The quantitative estimate of drug-likeness (QED) is 0.284. The molecule has 0 saturated heterocycles. The third kappa shape index (κ3) is 8.82. The van der Waals surface area contributed by atoms with Crippen LogP contribution in [0.25, 0.3) is 0 Å². The summed E-state index contributed by atoms with van der Waals surface area (Å²) in [5, 5.41) is 0. The van der Waals surface area contributed by atoms with Gasteiger partial charge in [0.25, 0.3) is 0 Å². The molecule has 0 radical (unpaired) electrons. The monoisotopic (exact) mass is 328 g/mol. The van der Waals surface area contributed by atoms with Gasteiger partial charge in [0.1, 0.15) is 19.6 Å². The third-order valence-electron chi connectivity index (χ3n) is 4.69. The van der Waals surface area contributed by atoms with Gasteiger partial charge in [-0.05, 0) is 12.8 Å². The van der Waals surface area contributed by atoms with Gasteiger partial charge in [-0.2, -0.15) is 0 Å². The van der Waals surface area contributed by atoms with E-state index in [1.165, 1.54) is 89.7 Å². The van der Waals surface area contributed by atoms with Gasteiger partial charge >= 0.3 is 0 Å². The van der Waals surface area contributed by atoms with Crippen LogP contribution in [0.2, 0.25) is 0 Å². The Labute approximate surface area is 145 Å². The minimum Gasteiger partial charge on any atom is -1.00 e. The first-order valence-electron chi connectivity index (χ1n) is 9.24. The Bertz CT molecular complexity index is 313. The van der Waals surface area contributed by atoms with E-state index >= 15 is 0 Å². The first-order chi connectivity index (χ1) is 10.3. The molecule has 0 atom stereocenters. The average Bonchev–Trinajstić information content (AvgIpc) is 2.83. The summed E-state index contributed by atoms with van der Waals surface area (Å²) in [5.41, 5.74) is 0. The van der Waals surface area contributed by atoms with Crippen LogP contribution in [0, 0.1) is 0 Å². The zero-order chi connectivity index (χ0) is 15.3. The fraction of sp³-hybridized carbons (Fsp3) is 0.842. The van der Waals surface area contributed by atoms with Crippen LogP contribution in [-0.4, -0.2) is 41.5 Å². The van der Waals surface area contributed by atoms with Crippen LogP contribution in [0.5, 0.6) is 0 Å². The summed E-state index contributed by atoms with van der Waals surface area (Å²) >= 11 is 0. The fourth-order valence-electron chi connectivity index (χ4n) is 3.21. The summed E-state index contributed by atoms with van der Waals surface area (Å²) in [7, 11) is 0. The number of rotatable bonds is 13. The van der Waals surface area contributed by atoms with Crippen LogP contribution >= 0.6 is 0 Å². The van der Waals surface area contributed by atoms with Crippen molar-refractivity contribution < 1.29 is 17.0 Å².